The van der Waals surface area contributed by atoms with Crippen LogP contribution in [0.4, 0.5) is 0 Å². The fraction of sp³-hybridized carbons (Fsp3) is 0.214. The molecule has 0 amide bonds. The van der Waals surface area contributed by atoms with Gasteiger partial charge < -0.3 is 10.2 Å². The molecule has 2 aromatic rings. The van der Waals surface area contributed by atoms with Gasteiger partial charge in [-0.25, -0.2) is 4.79 Å². The monoisotopic (exact) mass is 230 g/mol. The molecule has 0 saturated carbocycles. The predicted molar refractivity (Wildman–Crippen MR) is 66.3 cm³/mol. The zero-order valence-corrected chi connectivity index (χ0v) is 9.55. The fourth-order valence-electron chi connectivity index (χ4n) is 1.99. The maximum absolute atomic E-state index is 11.0. The quantitative estimate of drug-likeness (QED) is 0.851. The molecule has 0 aliphatic heterocycles. The van der Waals surface area contributed by atoms with Crippen molar-refractivity contribution in [2.45, 2.75) is 19.4 Å². The van der Waals surface area contributed by atoms with Gasteiger partial charge in [0.1, 0.15) is 0 Å². The van der Waals surface area contributed by atoms with Crippen LogP contribution in [0.1, 0.15) is 22.8 Å². The fourth-order valence-corrected chi connectivity index (χ4v) is 1.99. The Morgan fingerprint density at radius 3 is 2.71 bits per heavy atom. The molecule has 2 N–H and O–H groups in total. The molecule has 0 heterocycles. The number of carbonyl (C=O) groups is 1. The number of carboxylic acids is 1. The largest absolute Gasteiger partial charge is 0.478 e. The lowest BCUT2D eigenvalue weighted by atomic mass is 10.00. The summed E-state index contributed by atoms with van der Waals surface area (Å²) in [4.78, 5) is 11.0. The van der Waals surface area contributed by atoms with E-state index in [2.05, 4.69) is 0 Å². The second kappa shape index (κ2) is 4.55. The maximum atomic E-state index is 11.0. The molecule has 0 saturated heterocycles. The third-order valence-corrected chi connectivity index (χ3v) is 2.71. The molecule has 0 bridgehead atoms. The molecule has 3 heteroatoms. The van der Waals surface area contributed by atoms with Crippen LogP contribution in [0, 0.1) is 0 Å². The molecule has 0 aliphatic carbocycles. The maximum Gasteiger partial charge on any atom is 0.336 e. The number of fused-ring (bicyclic) bond motifs is 1. The number of carboxylic acid groups (broad SMARTS) is 1. The summed E-state index contributed by atoms with van der Waals surface area (Å²) in [7, 11) is 0. The summed E-state index contributed by atoms with van der Waals surface area (Å²) in [5.41, 5.74) is 1.32. The van der Waals surface area contributed by atoms with Crippen molar-refractivity contribution in [3.8, 4) is 0 Å². The summed E-state index contributed by atoms with van der Waals surface area (Å²) in [6.07, 6.45) is 0.183. The molecule has 0 aromatic heterocycles. The number of aliphatic hydroxyl groups excluding tert-OH is 1. The van der Waals surface area contributed by atoms with Crippen LogP contribution in [0.2, 0.25) is 0 Å². The van der Waals surface area contributed by atoms with Gasteiger partial charge in [-0.05, 0) is 35.7 Å². The van der Waals surface area contributed by atoms with Gasteiger partial charge in [-0.2, -0.15) is 0 Å². The van der Waals surface area contributed by atoms with Gasteiger partial charge in [0.2, 0.25) is 0 Å². The summed E-state index contributed by atoms with van der Waals surface area (Å²) >= 11 is 0. The summed E-state index contributed by atoms with van der Waals surface area (Å²) < 4.78 is 0. The highest BCUT2D eigenvalue weighted by atomic mass is 16.4. The molecule has 1 unspecified atom stereocenters. The van der Waals surface area contributed by atoms with E-state index in [9.17, 15) is 9.90 Å². The van der Waals surface area contributed by atoms with Crippen molar-refractivity contribution in [1.82, 2.24) is 0 Å². The Hall–Kier alpha value is -1.87. The van der Waals surface area contributed by atoms with E-state index in [1.54, 1.807) is 25.1 Å². The van der Waals surface area contributed by atoms with Crippen LogP contribution in [0.15, 0.2) is 36.4 Å². The molecule has 1 atom stereocenters. The number of hydrogen-bond acceptors (Lipinski definition) is 2. The van der Waals surface area contributed by atoms with Gasteiger partial charge in [0.25, 0.3) is 0 Å². The van der Waals surface area contributed by atoms with Crippen molar-refractivity contribution in [3.63, 3.8) is 0 Å². The number of aliphatic hydroxyl groups is 1. The van der Waals surface area contributed by atoms with Crippen molar-refractivity contribution >= 4 is 16.7 Å². The minimum atomic E-state index is -0.918. The number of aromatic carboxylic acids is 1. The van der Waals surface area contributed by atoms with Gasteiger partial charge in [0.05, 0.1) is 11.7 Å². The Balaban J connectivity index is 2.53. The predicted octanol–water partition coefficient (Wildman–Crippen LogP) is 2.46. The molecule has 2 rings (SSSR count). The van der Waals surface area contributed by atoms with Gasteiger partial charge in [-0.15, -0.1) is 0 Å². The van der Waals surface area contributed by atoms with Crippen molar-refractivity contribution in [2.75, 3.05) is 0 Å². The second-order valence-corrected chi connectivity index (χ2v) is 4.22. The van der Waals surface area contributed by atoms with Crippen molar-refractivity contribution in [2.24, 2.45) is 0 Å². The molecule has 88 valence electrons. The second-order valence-electron chi connectivity index (χ2n) is 4.22. The normalized spacial score (nSPS) is 12.6. The van der Waals surface area contributed by atoms with Gasteiger partial charge in [-0.1, -0.05) is 30.3 Å². The summed E-state index contributed by atoms with van der Waals surface area (Å²) in [5.74, 6) is -0.918. The lowest BCUT2D eigenvalue weighted by molar-refractivity contribution is 0.0699. The summed E-state index contributed by atoms with van der Waals surface area (Å²) in [6, 6.07) is 10.8. The molecule has 17 heavy (non-hydrogen) atoms. The molecule has 0 radical (unpaired) electrons. The van der Waals surface area contributed by atoms with E-state index in [0.29, 0.717) is 12.0 Å². The van der Waals surface area contributed by atoms with E-state index in [1.807, 2.05) is 18.2 Å². The van der Waals surface area contributed by atoms with Gasteiger partial charge >= 0.3 is 5.97 Å². The van der Waals surface area contributed by atoms with Crippen LogP contribution >= 0.6 is 0 Å². The Morgan fingerprint density at radius 1 is 1.29 bits per heavy atom. The van der Waals surface area contributed by atoms with Crippen molar-refractivity contribution < 1.29 is 15.0 Å². The van der Waals surface area contributed by atoms with Crippen LogP contribution in [-0.4, -0.2) is 22.3 Å². The molecule has 0 aliphatic rings. The summed E-state index contributed by atoms with van der Waals surface area (Å²) in [6.45, 7) is 1.73. The minimum Gasteiger partial charge on any atom is -0.478 e. The highest BCUT2D eigenvalue weighted by Gasteiger charge is 2.08. The lowest BCUT2D eigenvalue weighted by Gasteiger charge is -2.07. The Morgan fingerprint density at radius 2 is 2.06 bits per heavy atom. The van der Waals surface area contributed by atoms with Crippen LogP contribution in [-0.2, 0) is 6.42 Å². The van der Waals surface area contributed by atoms with Crippen molar-refractivity contribution in [1.29, 1.82) is 0 Å². The summed E-state index contributed by atoms with van der Waals surface area (Å²) in [5, 5.41) is 20.0. The van der Waals surface area contributed by atoms with Crippen LogP contribution in [0.5, 0.6) is 0 Å². The molecular weight excluding hydrogens is 216 g/mol. The molecule has 0 spiro atoms. The Bertz CT molecular complexity index is 558. The topological polar surface area (TPSA) is 57.5 Å². The smallest absolute Gasteiger partial charge is 0.336 e. The van der Waals surface area contributed by atoms with Gasteiger partial charge in [0, 0.05) is 0 Å². The van der Waals surface area contributed by atoms with E-state index < -0.39 is 12.1 Å². The van der Waals surface area contributed by atoms with Crippen molar-refractivity contribution in [3.05, 3.63) is 47.5 Å². The van der Waals surface area contributed by atoms with E-state index in [0.717, 1.165) is 16.3 Å². The Kier molecular flexibility index (Phi) is 3.11. The third-order valence-electron chi connectivity index (χ3n) is 2.71. The standard InChI is InChI=1S/C14H14O3/c1-9(15)7-10-5-6-12-11(8-10)3-2-4-13(12)14(16)17/h2-6,8-9,15H,7H2,1H3,(H,16,17). The first-order valence-electron chi connectivity index (χ1n) is 5.51. The number of hydrogen-bond donors (Lipinski definition) is 2. The first-order chi connectivity index (χ1) is 8.08. The van der Waals surface area contributed by atoms with E-state index in [-0.39, 0.29) is 0 Å². The first kappa shape index (κ1) is 11.6. The van der Waals surface area contributed by atoms with Crippen LogP contribution in [0.3, 0.4) is 0 Å². The highest BCUT2D eigenvalue weighted by Crippen LogP contribution is 2.21. The SMILES string of the molecule is CC(O)Cc1ccc2c(C(=O)O)cccc2c1. The van der Waals surface area contributed by atoms with Gasteiger partial charge in [0.15, 0.2) is 0 Å². The molecule has 3 nitrogen and oxygen atoms in total. The molecular formula is C14H14O3. The highest BCUT2D eigenvalue weighted by molar-refractivity contribution is 6.03. The average Bonchev–Trinajstić information content (AvgIpc) is 2.26. The van der Waals surface area contributed by atoms with E-state index in [4.69, 9.17) is 5.11 Å². The zero-order chi connectivity index (χ0) is 12.4. The number of rotatable bonds is 3. The third kappa shape index (κ3) is 2.45. The first-order valence-corrected chi connectivity index (χ1v) is 5.51. The Labute approximate surface area is 99.3 Å². The molecule has 0 fully saturated rings. The van der Waals surface area contributed by atoms with Gasteiger partial charge in [-0.3, -0.25) is 0 Å². The average molecular weight is 230 g/mol. The number of benzene rings is 2. The molecule has 2 aromatic carbocycles. The zero-order valence-electron chi connectivity index (χ0n) is 9.55. The van der Waals surface area contributed by atoms with E-state index >= 15 is 0 Å². The van der Waals surface area contributed by atoms with Crippen LogP contribution in [0.25, 0.3) is 10.8 Å². The van der Waals surface area contributed by atoms with E-state index in [1.165, 1.54) is 0 Å². The van der Waals surface area contributed by atoms with Crippen LogP contribution < -0.4 is 0 Å². The minimum absolute atomic E-state index is 0.311. The lowest BCUT2D eigenvalue weighted by Crippen LogP contribution is -2.04.